The molecular formula is C27H30ClF7N2O8. The van der Waals surface area contributed by atoms with Crippen molar-refractivity contribution >= 4 is 29.5 Å². The summed E-state index contributed by atoms with van der Waals surface area (Å²) < 4.78 is 82.4. The van der Waals surface area contributed by atoms with Crippen LogP contribution in [0.4, 0.5) is 30.7 Å². The Morgan fingerprint density at radius 1 is 0.933 bits per heavy atom. The molecule has 1 aliphatic rings. The lowest BCUT2D eigenvalue weighted by Crippen LogP contribution is -2.45. The molecule has 1 heterocycles. The number of carboxylic acids is 3. The first-order chi connectivity index (χ1) is 20.8. The number of ether oxygens (including phenoxy) is 1. The molecule has 0 unspecified atom stereocenters. The fourth-order valence-electron chi connectivity index (χ4n) is 3.66. The average molecular weight is 679 g/mol. The second-order valence-electron chi connectivity index (χ2n) is 9.48. The van der Waals surface area contributed by atoms with Crippen molar-refractivity contribution in [1.82, 2.24) is 10.2 Å². The predicted molar refractivity (Wildman–Crippen MR) is 144 cm³/mol. The van der Waals surface area contributed by atoms with Crippen LogP contribution in [-0.4, -0.2) is 94.0 Å². The number of piperidine rings is 1. The first-order valence-corrected chi connectivity index (χ1v) is 13.3. The van der Waals surface area contributed by atoms with E-state index < -0.39 is 42.2 Å². The Hall–Kier alpha value is -3.67. The van der Waals surface area contributed by atoms with E-state index in [2.05, 4.69) is 10.2 Å². The Kier molecular flexibility index (Phi) is 16.0. The van der Waals surface area contributed by atoms with E-state index in [1.807, 2.05) is 24.3 Å². The SMILES string of the molecule is O=C(O)C(F)(F)F.O=C(O)C(F)(F)F.O=C(O)Cc1ccc(F)cc1OC[C@@H](O)CNC1CCN(Cc2ccc(Cl)cc2)CC1. The number of benzene rings is 2. The van der Waals surface area contributed by atoms with Gasteiger partial charge in [-0.05, 0) is 49.7 Å². The van der Waals surface area contributed by atoms with Crippen molar-refractivity contribution in [1.29, 1.82) is 0 Å². The Balaban J connectivity index is 0.000000601. The van der Waals surface area contributed by atoms with Crippen LogP contribution in [0.5, 0.6) is 5.75 Å². The van der Waals surface area contributed by atoms with Gasteiger partial charge in [0.1, 0.15) is 24.3 Å². The van der Waals surface area contributed by atoms with E-state index in [1.54, 1.807) is 0 Å². The van der Waals surface area contributed by atoms with Crippen molar-refractivity contribution < 1.29 is 70.3 Å². The summed E-state index contributed by atoms with van der Waals surface area (Å²) in [5.74, 6) is -6.90. The molecule has 0 saturated carbocycles. The first kappa shape index (κ1) is 39.4. The van der Waals surface area contributed by atoms with Gasteiger partial charge in [0.25, 0.3) is 0 Å². The zero-order chi connectivity index (χ0) is 34.4. The van der Waals surface area contributed by atoms with Crippen LogP contribution in [0.1, 0.15) is 24.0 Å². The summed E-state index contributed by atoms with van der Waals surface area (Å²) in [4.78, 5) is 31.1. The third-order valence-electron chi connectivity index (χ3n) is 5.84. The van der Waals surface area contributed by atoms with Crippen LogP contribution in [-0.2, 0) is 27.3 Å². The molecule has 0 spiro atoms. The summed E-state index contributed by atoms with van der Waals surface area (Å²) in [5.41, 5.74) is 1.62. The zero-order valence-corrected chi connectivity index (χ0v) is 24.0. The summed E-state index contributed by atoms with van der Waals surface area (Å²) in [6.45, 7) is 3.14. The van der Waals surface area contributed by atoms with Crippen LogP contribution < -0.4 is 10.1 Å². The van der Waals surface area contributed by atoms with E-state index in [9.17, 15) is 40.6 Å². The Labute approximate surface area is 257 Å². The molecule has 1 saturated heterocycles. The molecule has 1 atom stereocenters. The third-order valence-corrected chi connectivity index (χ3v) is 6.09. The molecule has 252 valence electrons. The molecule has 2 aromatic rings. The zero-order valence-electron chi connectivity index (χ0n) is 23.2. The van der Waals surface area contributed by atoms with E-state index in [0.717, 1.165) is 43.6 Å². The van der Waals surface area contributed by atoms with Gasteiger partial charge in [-0.2, -0.15) is 26.3 Å². The highest BCUT2D eigenvalue weighted by atomic mass is 35.5. The molecule has 1 fully saturated rings. The van der Waals surface area contributed by atoms with Gasteiger partial charge < -0.3 is 30.5 Å². The third kappa shape index (κ3) is 16.8. The molecule has 1 aliphatic heterocycles. The maximum atomic E-state index is 13.5. The normalized spacial score (nSPS) is 14.7. The van der Waals surface area contributed by atoms with Gasteiger partial charge in [0, 0.05) is 35.8 Å². The minimum absolute atomic E-state index is 0.0432. The quantitative estimate of drug-likeness (QED) is 0.229. The van der Waals surface area contributed by atoms with Crippen LogP contribution >= 0.6 is 11.6 Å². The molecule has 0 aliphatic carbocycles. The summed E-state index contributed by atoms with van der Waals surface area (Å²) in [6.07, 6.45) is -9.26. The number of nitrogens with one attached hydrogen (secondary N) is 1. The molecule has 0 radical (unpaired) electrons. The largest absolute Gasteiger partial charge is 0.490 e. The number of alkyl halides is 6. The van der Waals surface area contributed by atoms with Crippen molar-refractivity contribution in [2.45, 2.75) is 50.3 Å². The summed E-state index contributed by atoms with van der Waals surface area (Å²) >= 11 is 5.93. The number of carbonyl (C=O) groups is 3. The second-order valence-corrected chi connectivity index (χ2v) is 9.91. The molecule has 0 amide bonds. The van der Waals surface area contributed by atoms with E-state index in [4.69, 9.17) is 41.2 Å². The average Bonchev–Trinajstić information content (AvgIpc) is 2.93. The smallest absolute Gasteiger partial charge is 0.490 e. The van der Waals surface area contributed by atoms with Crippen LogP contribution in [0.25, 0.3) is 0 Å². The summed E-state index contributed by atoms with van der Waals surface area (Å²) in [6, 6.07) is 11.9. The number of likely N-dealkylation sites (tertiary alicyclic amines) is 1. The van der Waals surface area contributed by atoms with Crippen LogP contribution in [0, 0.1) is 5.82 Å². The molecule has 2 aromatic carbocycles. The number of hydrogen-bond donors (Lipinski definition) is 5. The van der Waals surface area contributed by atoms with E-state index >= 15 is 0 Å². The molecule has 3 rings (SSSR count). The van der Waals surface area contributed by atoms with Crippen molar-refractivity contribution in [3.05, 3.63) is 64.4 Å². The highest BCUT2D eigenvalue weighted by molar-refractivity contribution is 6.30. The fourth-order valence-corrected chi connectivity index (χ4v) is 3.79. The number of rotatable bonds is 10. The van der Waals surface area contributed by atoms with Gasteiger partial charge in [0.15, 0.2) is 0 Å². The van der Waals surface area contributed by atoms with Crippen molar-refractivity contribution in [2.24, 2.45) is 0 Å². The fraction of sp³-hybridized carbons (Fsp3) is 0.444. The van der Waals surface area contributed by atoms with Gasteiger partial charge >= 0.3 is 30.3 Å². The molecule has 45 heavy (non-hydrogen) atoms. The van der Waals surface area contributed by atoms with Crippen LogP contribution in [0.3, 0.4) is 0 Å². The molecule has 5 N–H and O–H groups in total. The van der Waals surface area contributed by atoms with Crippen LogP contribution in [0.15, 0.2) is 42.5 Å². The van der Waals surface area contributed by atoms with Gasteiger partial charge in [-0.3, -0.25) is 9.69 Å². The lowest BCUT2D eigenvalue weighted by atomic mass is 10.0. The molecule has 0 bridgehead atoms. The Morgan fingerprint density at radius 3 is 1.91 bits per heavy atom. The van der Waals surface area contributed by atoms with E-state index in [0.29, 0.717) is 18.2 Å². The monoisotopic (exact) mass is 678 g/mol. The topological polar surface area (TPSA) is 157 Å². The summed E-state index contributed by atoms with van der Waals surface area (Å²) in [7, 11) is 0. The van der Waals surface area contributed by atoms with Gasteiger partial charge in [0.2, 0.25) is 0 Å². The summed E-state index contributed by atoms with van der Waals surface area (Å²) in [5, 5.41) is 37.6. The standard InChI is InChI=1S/C23H28ClFN2O4.2C2HF3O2/c24-18-4-1-16(2-5-18)14-27-9-7-20(8-10-27)26-13-21(28)15-31-22-12-19(25)6-3-17(22)11-23(29)30;2*3-2(4,5)1(6)7/h1-6,12,20-21,26,28H,7-11,13-15H2,(H,29,30);2*(H,6,7)/t21-;;/m0../s1. The highest BCUT2D eigenvalue weighted by Gasteiger charge is 2.38. The number of aliphatic hydroxyl groups excluding tert-OH is 1. The van der Waals surface area contributed by atoms with Crippen molar-refractivity contribution in [3.63, 3.8) is 0 Å². The first-order valence-electron chi connectivity index (χ1n) is 12.9. The molecule has 18 heteroatoms. The Morgan fingerprint density at radius 2 is 1.44 bits per heavy atom. The number of halogens is 8. The van der Waals surface area contributed by atoms with Crippen molar-refractivity contribution in [3.8, 4) is 5.75 Å². The molecule has 0 aromatic heterocycles. The predicted octanol–water partition coefficient (Wildman–Crippen LogP) is 4.37. The number of aliphatic hydroxyl groups is 1. The maximum absolute atomic E-state index is 13.5. The van der Waals surface area contributed by atoms with Crippen LogP contribution in [0.2, 0.25) is 5.02 Å². The molecular weight excluding hydrogens is 649 g/mol. The second kappa shape index (κ2) is 18.3. The lowest BCUT2D eigenvalue weighted by Gasteiger charge is -2.33. The van der Waals surface area contributed by atoms with E-state index in [1.165, 1.54) is 17.7 Å². The minimum atomic E-state index is -5.08. The number of carboxylic acid groups (broad SMARTS) is 3. The van der Waals surface area contributed by atoms with Gasteiger partial charge in [-0.25, -0.2) is 14.0 Å². The van der Waals surface area contributed by atoms with Gasteiger partial charge in [-0.15, -0.1) is 0 Å². The highest BCUT2D eigenvalue weighted by Crippen LogP contribution is 2.21. The van der Waals surface area contributed by atoms with Gasteiger partial charge in [-0.1, -0.05) is 29.8 Å². The number of hydrogen-bond acceptors (Lipinski definition) is 7. The lowest BCUT2D eigenvalue weighted by molar-refractivity contribution is -0.193. The van der Waals surface area contributed by atoms with E-state index in [-0.39, 0.29) is 18.8 Å². The number of aliphatic carboxylic acids is 3. The number of nitrogens with zero attached hydrogens (tertiary/aromatic N) is 1. The maximum Gasteiger partial charge on any atom is 0.490 e. The minimum Gasteiger partial charge on any atom is -0.490 e. The molecule has 10 nitrogen and oxygen atoms in total. The van der Waals surface area contributed by atoms with Crippen molar-refractivity contribution in [2.75, 3.05) is 26.2 Å². The van der Waals surface area contributed by atoms with Gasteiger partial charge in [0.05, 0.1) is 6.42 Å². The Bertz CT molecular complexity index is 1220.